The fraction of sp³-hybridized carbons (Fsp3) is 0.0625. The third-order valence-electron chi connectivity index (χ3n) is 5.95. The Balaban J connectivity index is 1.60. The van der Waals surface area contributed by atoms with Gasteiger partial charge in [-0.1, -0.05) is 72.2 Å². The summed E-state index contributed by atoms with van der Waals surface area (Å²) in [6.07, 6.45) is 0. The topological polar surface area (TPSA) is 0 Å². The summed E-state index contributed by atoms with van der Waals surface area (Å²) in [7, 11) is 0. The Labute approximate surface area is 198 Å². The molecule has 5 aromatic carbocycles. The molecule has 0 aliphatic carbocycles. The van der Waals surface area contributed by atoms with Crippen molar-refractivity contribution in [2.45, 2.75) is 11.5 Å². The van der Waals surface area contributed by atoms with Gasteiger partial charge < -0.3 is 0 Å². The lowest BCUT2D eigenvalue weighted by atomic mass is 9.97. The molecule has 1 heterocycles. The zero-order chi connectivity index (χ0) is 22.0. The zero-order valence-corrected chi connectivity index (χ0v) is 18.9. The van der Waals surface area contributed by atoms with Gasteiger partial charge in [0.2, 0.25) is 0 Å². The van der Waals surface area contributed by atoms with Crippen molar-refractivity contribution in [1.29, 1.82) is 0 Å². The average molecular weight is 437 g/mol. The predicted octanol–water partition coefficient (Wildman–Crippen LogP) is 7.54. The van der Waals surface area contributed by atoms with Gasteiger partial charge in [-0.05, 0) is 81.2 Å². The first-order valence-corrected chi connectivity index (χ1v) is 12.2. The molecule has 0 unspecified atom stereocenters. The molecule has 0 nitrogen and oxygen atoms in total. The molecule has 1 heteroatoms. The molecule has 0 atom stereocenters. The third kappa shape index (κ3) is 4.12. The van der Waals surface area contributed by atoms with Crippen LogP contribution in [-0.2, 0) is 11.5 Å². The molecule has 5 aromatic rings. The number of fused-ring (bicyclic) bond motifs is 4. The fourth-order valence-corrected chi connectivity index (χ4v) is 5.25. The van der Waals surface area contributed by atoms with E-state index in [2.05, 4.69) is 121 Å². The number of benzene rings is 5. The van der Waals surface area contributed by atoms with Crippen molar-refractivity contribution in [3.05, 3.63) is 130 Å². The van der Waals surface area contributed by atoms with E-state index in [-0.39, 0.29) is 0 Å². The van der Waals surface area contributed by atoms with E-state index in [1.807, 2.05) is 11.8 Å². The van der Waals surface area contributed by atoms with Crippen LogP contribution in [0.25, 0.3) is 21.5 Å². The Kier molecular flexibility index (Phi) is 5.12. The zero-order valence-electron chi connectivity index (χ0n) is 18.1. The van der Waals surface area contributed by atoms with Crippen molar-refractivity contribution in [3.8, 4) is 23.7 Å². The van der Waals surface area contributed by atoms with E-state index in [1.54, 1.807) is 0 Å². The first-order valence-electron chi connectivity index (χ1n) is 11.1. The van der Waals surface area contributed by atoms with Crippen LogP contribution in [0.2, 0.25) is 0 Å². The molecule has 0 amide bonds. The van der Waals surface area contributed by atoms with Gasteiger partial charge in [0, 0.05) is 33.8 Å². The highest BCUT2D eigenvalue weighted by Crippen LogP contribution is 2.28. The Bertz CT molecular complexity index is 1530. The molecule has 1 aliphatic rings. The van der Waals surface area contributed by atoms with E-state index < -0.39 is 0 Å². The maximum absolute atomic E-state index is 3.44. The largest absolute Gasteiger partial charge is 0.152 e. The summed E-state index contributed by atoms with van der Waals surface area (Å²) in [5.41, 5.74) is 6.81. The minimum Gasteiger partial charge on any atom is -0.152 e. The van der Waals surface area contributed by atoms with E-state index >= 15 is 0 Å². The minimum absolute atomic E-state index is 0.963. The SMILES string of the molecule is C1#Cc2cccc3cc4cccc(c4cc23)C#Cc2cccc(c2)CSCc2cccc1c2. The summed E-state index contributed by atoms with van der Waals surface area (Å²) < 4.78 is 0. The van der Waals surface area contributed by atoms with Crippen molar-refractivity contribution in [3.63, 3.8) is 0 Å². The molecule has 33 heavy (non-hydrogen) atoms. The van der Waals surface area contributed by atoms with Crippen LogP contribution in [0.15, 0.2) is 97.1 Å². The van der Waals surface area contributed by atoms with Gasteiger partial charge in [-0.2, -0.15) is 11.8 Å². The van der Waals surface area contributed by atoms with Gasteiger partial charge in [-0.25, -0.2) is 0 Å². The fourth-order valence-electron chi connectivity index (χ4n) is 4.31. The van der Waals surface area contributed by atoms with Crippen LogP contribution in [0.5, 0.6) is 0 Å². The second-order valence-corrected chi connectivity index (χ2v) is 9.28. The highest BCUT2D eigenvalue weighted by atomic mass is 32.2. The molecular weight excluding hydrogens is 416 g/mol. The van der Waals surface area contributed by atoms with Gasteiger partial charge in [-0.3, -0.25) is 0 Å². The Morgan fingerprint density at radius 2 is 1.00 bits per heavy atom. The minimum atomic E-state index is 0.963. The van der Waals surface area contributed by atoms with Crippen LogP contribution >= 0.6 is 11.8 Å². The molecule has 6 bridgehead atoms. The van der Waals surface area contributed by atoms with Crippen LogP contribution in [-0.4, -0.2) is 0 Å². The van der Waals surface area contributed by atoms with Crippen LogP contribution in [0.1, 0.15) is 33.4 Å². The Morgan fingerprint density at radius 3 is 1.55 bits per heavy atom. The third-order valence-corrected chi connectivity index (χ3v) is 7.03. The standard InChI is InChI=1S/C32H20S/c1-5-23-13-15-27-9-3-11-29-19-30-12-4-10-28(32(30)20-31(27)29)16-14-24-6-2-8-26(18-24)22-33-21-25(7-1)17-23/h1-12,17-20H,21-22H2. The highest BCUT2D eigenvalue weighted by Gasteiger charge is 2.05. The lowest BCUT2D eigenvalue weighted by Crippen LogP contribution is -1.88. The van der Waals surface area contributed by atoms with E-state index in [0.717, 1.165) is 33.8 Å². The lowest BCUT2D eigenvalue weighted by Gasteiger charge is -2.07. The Hall–Kier alpha value is -3.91. The second kappa shape index (κ2) is 8.55. The molecule has 0 saturated heterocycles. The molecule has 0 saturated carbocycles. The maximum Gasteiger partial charge on any atom is 0.0327 e. The average Bonchev–Trinajstić information content (AvgIpc) is 2.85. The molecule has 0 fully saturated rings. The van der Waals surface area contributed by atoms with Crippen molar-refractivity contribution in [2.75, 3.05) is 0 Å². The summed E-state index contributed by atoms with van der Waals surface area (Å²) in [6.45, 7) is 0. The lowest BCUT2D eigenvalue weighted by molar-refractivity contribution is 1.35. The van der Waals surface area contributed by atoms with Crippen LogP contribution in [0.3, 0.4) is 0 Å². The molecule has 0 spiro atoms. The number of thioether (sulfide) groups is 1. The van der Waals surface area contributed by atoms with Gasteiger partial charge in [0.15, 0.2) is 0 Å². The second-order valence-electron chi connectivity index (χ2n) is 8.30. The number of hydrogen-bond donors (Lipinski definition) is 0. The molecule has 1 aliphatic heterocycles. The summed E-state index contributed by atoms with van der Waals surface area (Å²) in [5, 5.41) is 4.74. The van der Waals surface area contributed by atoms with Crippen molar-refractivity contribution in [2.24, 2.45) is 0 Å². The van der Waals surface area contributed by atoms with Crippen molar-refractivity contribution in [1.82, 2.24) is 0 Å². The molecule has 6 rings (SSSR count). The molecular formula is C32H20S. The van der Waals surface area contributed by atoms with Gasteiger partial charge in [-0.15, -0.1) is 0 Å². The molecule has 0 aromatic heterocycles. The smallest absolute Gasteiger partial charge is 0.0327 e. The van der Waals surface area contributed by atoms with Gasteiger partial charge >= 0.3 is 0 Å². The molecule has 0 N–H and O–H groups in total. The summed E-state index contributed by atoms with van der Waals surface area (Å²) in [6, 6.07) is 34.4. The van der Waals surface area contributed by atoms with Gasteiger partial charge in [0.05, 0.1) is 0 Å². The Morgan fingerprint density at radius 1 is 0.485 bits per heavy atom. The summed E-state index contributed by atoms with van der Waals surface area (Å²) >= 11 is 1.92. The normalized spacial score (nSPS) is 12.5. The predicted molar refractivity (Wildman–Crippen MR) is 141 cm³/mol. The van der Waals surface area contributed by atoms with E-state index in [9.17, 15) is 0 Å². The van der Waals surface area contributed by atoms with E-state index in [4.69, 9.17) is 0 Å². The van der Waals surface area contributed by atoms with E-state index in [1.165, 1.54) is 32.7 Å². The monoisotopic (exact) mass is 436 g/mol. The van der Waals surface area contributed by atoms with Crippen LogP contribution in [0.4, 0.5) is 0 Å². The van der Waals surface area contributed by atoms with E-state index in [0.29, 0.717) is 0 Å². The molecule has 154 valence electrons. The summed E-state index contributed by atoms with van der Waals surface area (Å²) in [5.74, 6) is 15.6. The van der Waals surface area contributed by atoms with Crippen LogP contribution in [0, 0.1) is 23.7 Å². The van der Waals surface area contributed by atoms with Gasteiger partial charge in [0.25, 0.3) is 0 Å². The first kappa shape index (κ1) is 19.8. The summed E-state index contributed by atoms with van der Waals surface area (Å²) in [4.78, 5) is 0. The number of rotatable bonds is 0. The highest BCUT2D eigenvalue weighted by molar-refractivity contribution is 7.97. The van der Waals surface area contributed by atoms with Crippen LogP contribution < -0.4 is 0 Å². The maximum atomic E-state index is 3.44. The molecule has 0 radical (unpaired) electrons. The first-order chi connectivity index (χ1) is 16.3. The van der Waals surface area contributed by atoms with Crippen molar-refractivity contribution < 1.29 is 0 Å². The number of hydrogen-bond acceptors (Lipinski definition) is 1. The van der Waals surface area contributed by atoms with Crippen molar-refractivity contribution >= 4 is 33.3 Å². The van der Waals surface area contributed by atoms with Gasteiger partial charge in [0.1, 0.15) is 0 Å². The quantitative estimate of drug-likeness (QED) is 0.178.